The molecule has 0 heterocycles. The van der Waals surface area contributed by atoms with E-state index in [0.717, 1.165) is 103 Å². The highest BCUT2D eigenvalue weighted by molar-refractivity contribution is 5.70. The van der Waals surface area contributed by atoms with Crippen molar-refractivity contribution in [1.29, 1.82) is 0 Å². The molecule has 0 spiro atoms. The first-order valence-corrected chi connectivity index (χ1v) is 39.1. The second-order valence-corrected chi connectivity index (χ2v) is 26.0. The van der Waals surface area contributed by atoms with E-state index in [1.165, 1.54) is 257 Å². The van der Waals surface area contributed by atoms with Crippen molar-refractivity contribution in [3.05, 3.63) is 122 Å². The second-order valence-electron chi connectivity index (χ2n) is 26.0. The summed E-state index contributed by atoms with van der Waals surface area (Å²) in [5.41, 5.74) is 0. The average molecular weight is 1250 g/mol. The van der Waals surface area contributed by atoms with E-state index in [-0.39, 0.29) is 25.2 Å². The van der Waals surface area contributed by atoms with Crippen molar-refractivity contribution in [1.82, 2.24) is 0 Å². The van der Waals surface area contributed by atoms with Gasteiger partial charge in [-0.15, -0.1) is 0 Å². The van der Waals surface area contributed by atoms with Crippen LogP contribution in [0.5, 0.6) is 0 Å². The van der Waals surface area contributed by atoms with Gasteiger partial charge in [0.1, 0.15) is 6.61 Å². The van der Waals surface area contributed by atoms with Gasteiger partial charge in [-0.1, -0.05) is 392 Å². The van der Waals surface area contributed by atoms with Crippen LogP contribution in [0.3, 0.4) is 0 Å². The number of carbonyl (C=O) groups excluding carboxylic acids is 2. The fraction of sp³-hybridized carbons (Fsp3) is 0.741. The molecule has 5 nitrogen and oxygen atoms in total. The lowest BCUT2D eigenvalue weighted by atomic mass is 10.0. The molecular formula is C85H148O5. The minimum Gasteiger partial charge on any atom is -0.462 e. The molecule has 0 amide bonds. The molecule has 0 radical (unpaired) electrons. The molecule has 90 heavy (non-hydrogen) atoms. The molecule has 518 valence electrons. The molecule has 0 bridgehead atoms. The van der Waals surface area contributed by atoms with Gasteiger partial charge in [-0.25, -0.2) is 0 Å². The molecular weight excluding hydrogens is 1100 g/mol. The van der Waals surface area contributed by atoms with E-state index < -0.39 is 6.10 Å². The zero-order valence-electron chi connectivity index (χ0n) is 59.6. The smallest absolute Gasteiger partial charge is 0.306 e. The van der Waals surface area contributed by atoms with Crippen molar-refractivity contribution >= 4 is 11.9 Å². The maximum atomic E-state index is 12.4. The zero-order chi connectivity index (χ0) is 64.7. The number of aliphatic hydroxyl groups is 1. The first-order chi connectivity index (χ1) is 44.6. The molecule has 1 unspecified atom stereocenters. The minimum absolute atomic E-state index is 0.0645. The summed E-state index contributed by atoms with van der Waals surface area (Å²) in [6.07, 6.45) is 117. The van der Waals surface area contributed by atoms with Crippen LogP contribution in [0.1, 0.15) is 386 Å². The lowest BCUT2D eigenvalue weighted by Crippen LogP contribution is -2.28. The van der Waals surface area contributed by atoms with Gasteiger partial charge in [0.25, 0.3) is 0 Å². The third-order valence-corrected chi connectivity index (χ3v) is 17.3. The van der Waals surface area contributed by atoms with Crippen molar-refractivity contribution in [3.8, 4) is 0 Å². The van der Waals surface area contributed by atoms with Crippen molar-refractivity contribution in [2.75, 3.05) is 13.2 Å². The number of aliphatic hydroxyl groups excluding tert-OH is 1. The third kappa shape index (κ3) is 76.8. The maximum absolute atomic E-state index is 12.4. The Bertz CT molecular complexity index is 1750. The van der Waals surface area contributed by atoms with Crippen LogP contribution in [0.2, 0.25) is 0 Å². The Hall–Kier alpha value is -3.70. The molecule has 0 saturated carbocycles. The lowest BCUT2D eigenvalue weighted by molar-refractivity contribution is -0.161. The van der Waals surface area contributed by atoms with Crippen LogP contribution in [0, 0.1) is 0 Å². The molecule has 0 rings (SSSR count). The fourth-order valence-corrected chi connectivity index (χ4v) is 11.5. The Morgan fingerprint density at radius 3 is 0.667 bits per heavy atom. The van der Waals surface area contributed by atoms with Gasteiger partial charge in [-0.3, -0.25) is 9.59 Å². The molecule has 0 aliphatic rings. The predicted molar refractivity (Wildman–Crippen MR) is 398 cm³/mol. The monoisotopic (exact) mass is 1250 g/mol. The Balaban J connectivity index is 3.41. The van der Waals surface area contributed by atoms with Crippen LogP contribution in [-0.2, 0) is 19.1 Å². The van der Waals surface area contributed by atoms with Crippen LogP contribution < -0.4 is 0 Å². The van der Waals surface area contributed by atoms with E-state index in [9.17, 15) is 14.7 Å². The van der Waals surface area contributed by atoms with E-state index in [0.29, 0.717) is 12.8 Å². The Morgan fingerprint density at radius 1 is 0.256 bits per heavy atom. The number of hydrogen-bond acceptors (Lipinski definition) is 5. The number of allylic oxidation sites excluding steroid dienone is 20. The highest BCUT2D eigenvalue weighted by atomic mass is 16.6. The van der Waals surface area contributed by atoms with Crippen LogP contribution in [0.15, 0.2) is 122 Å². The topological polar surface area (TPSA) is 72.8 Å². The molecule has 5 heteroatoms. The van der Waals surface area contributed by atoms with Crippen molar-refractivity contribution in [2.24, 2.45) is 0 Å². The first kappa shape index (κ1) is 86.3. The SMILES string of the molecule is CC/C=C\C/C=C\C/C=C\C/C=C\C/C=C\C/C=C\CCCCCCCCCCCCCCCCCCC(=O)OC(CO)COC(=O)CCCCCCCCCCCCCCCCCCCCCCCCCCCCCC/C=C\C/C=C\C/C=C\C/C=C\CC. The molecule has 0 aliphatic carbocycles. The van der Waals surface area contributed by atoms with Gasteiger partial charge < -0.3 is 14.6 Å². The normalized spacial score (nSPS) is 12.9. The number of rotatable bonds is 72. The van der Waals surface area contributed by atoms with Crippen molar-refractivity contribution in [3.63, 3.8) is 0 Å². The quantitative estimate of drug-likeness (QED) is 0.0373. The number of esters is 2. The summed E-state index contributed by atoms with van der Waals surface area (Å²) < 4.78 is 10.8. The first-order valence-electron chi connectivity index (χ1n) is 39.1. The minimum atomic E-state index is -0.777. The van der Waals surface area contributed by atoms with Crippen LogP contribution in [0.4, 0.5) is 0 Å². The largest absolute Gasteiger partial charge is 0.462 e. The van der Waals surface area contributed by atoms with E-state index in [1.807, 2.05) is 0 Å². The molecule has 0 fully saturated rings. The average Bonchev–Trinajstić information content (AvgIpc) is 3.58. The fourth-order valence-electron chi connectivity index (χ4n) is 11.5. The Morgan fingerprint density at radius 2 is 0.444 bits per heavy atom. The van der Waals surface area contributed by atoms with Crippen LogP contribution in [0.25, 0.3) is 0 Å². The van der Waals surface area contributed by atoms with Crippen LogP contribution >= 0.6 is 0 Å². The molecule has 1 atom stereocenters. The van der Waals surface area contributed by atoms with Crippen molar-refractivity contribution < 1.29 is 24.2 Å². The number of hydrogen-bond donors (Lipinski definition) is 1. The van der Waals surface area contributed by atoms with Crippen molar-refractivity contribution in [2.45, 2.75) is 392 Å². The van der Waals surface area contributed by atoms with E-state index in [1.54, 1.807) is 0 Å². The molecule has 0 aromatic heterocycles. The van der Waals surface area contributed by atoms with E-state index in [2.05, 4.69) is 135 Å². The molecule has 0 aromatic carbocycles. The Labute approximate surface area is 560 Å². The predicted octanol–water partition coefficient (Wildman–Crippen LogP) is 27.7. The summed E-state index contributed by atoms with van der Waals surface area (Å²) in [6.45, 7) is 3.95. The highest BCUT2D eigenvalue weighted by Crippen LogP contribution is 2.19. The zero-order valence-corrected chi connectivity index (χ0v) is 59.6. The third-order valence-electron chi connectivity index (χ3n) is 17.3. The highest BCUT2D eigenvalue weighted by Gasteiger charge is 2.16. The van der Waals surface area contributed by atoms with Crippen LogP contribution in [-0.4, -0.2) is 36.4 Å². The standard InChI is InChI=1S/C85H148O5/c1-3-5-7-9-11-13-15-17-19-21-23-25-27-29-31-33-35-37-39-40-41-42-43-44-46-47-49-51-53-55-57-59-61-63-65-67-69-71-73-75-77-79-84(87)89-82-83(81-86)90-85(88)80-78-76-74-72-70-68-66-64-62-60-58-56-54-52-50-48-45-38-36-34-32-30-28-26-24-22-20-18-16-14-12-10-8-6-4-2/h5-8,11-14,17-20,23-26,30,32,36,38,83,86H,3-4,9-10,15-16,21-22,27-29,31,33-35,37,39-82H2,1-2H3/b7-5-,8-6-,13-11-,14-12-,19-17-,20-18-,25-23-,26-24-,32-30-,38-36-. The Kier molecular flexibility index (Phi) is 76.3. The van der Waals surface area contributed by atoms with E-state index in [4.69, 9.17) is 9.47 Å². The van der Waals surface area contributed by atoms with Gasteiger partial charge in [0.05, 0.1) is 6.61 Å². The van der Waals surface area contributed by atoms with Gasteiger partial charge in [-0.05, 0) is 103 Å². The molecule has 0 saturated heterocycles. The second kappa shape index (κ2) is 79.5. The summed E-state index contributed by atoms with van der Waals surface area (Å²) in [6, 6.07) is 0. The maximum Gasteiger partial charge on any atom is 0.306 e. The van der Waals surface area contributed by atoms with Gasteiger partial charge in [0, 0.05) is 12.8 Å². The summed E-state index contributed by atoms with van der Waals surface area (Å²) in [5, 5.41) is 9.73. The van der Waals surface area contributed by atoms with Gasteiger partial charge in [0.15, 0.2) is 6.10 Å². The summed E-state index contributed by atoms with van der Waals surface area (Å²) in [4.78, 5) is 24.7. The summed E-state index contributed by atoms with van der Waals surface area (Å²) in [5.74, 6) is -0.574. The number of unbranched alkanes of at least 4 members (excludes halogenated alkanes) is 44. The number of ether oxygens (including phenoxy) is 2. The molecule has 0 aromatic rings. The summed E-state index contributed by atoms with van der Waals surface area (Å²) in [7, 11) is 0. The van der Waals surface area contributed by atoms with Gasteiger partial charge in [0.2, 0.25) is 0 Å². The van der Waals surface area contributed by atoms with E-state index >= 15 is 0 Å². The number of carbonyl (C=O) groups is 2. The lowest BCUT2D eigenvalue weighted by Gasteiger charge is -2.15. The summed E-state index contributed by atoms with van der Waals surface area (Å²) >= 11 is 0. The van der Waals surface area contributed by atoms with Gasteiger partial charge in [-0.2, -0.15) is 0 Å². The van der Waals surface area contributed by atoms with Gasteiger partial charge >= 0.3 is 11.9 Å². The molecule has 1 N–H and O–H groups in total. The molecule has 0 aliphatic heterocycles.